The predicted molar refractivity (Wildman–Crippen MR) is 112 cm³/mol. The third-order valence-electron chi connectivity index (χ3n) is 3.55. The molecule has 25 heavy (non-hydrogen) atoms. The molecule has 0 aromatic heterocycles. The molecule has 6 heteroatoms. The average molecular weight is 434 g/mol. The first-order chi connectivity index (χ1) is 12.1. The van der Waals surface area contributed by atoms with Crippen LogP contribution in [0.2, 0.25) is 0 Å². The Kier molecular flexibility index (Phi) is 5.93. The maximum absolute atomic E-state index is 12.8. The lowest BCUT2D eigenvalue weighted by Crippen LogP contribution is -2.27. The van der Waals surface area contributed by atoms with E-state index in [1.165, 1.54) is 11.8 Å². The molecule has 0 aliphatic carbocycles. The molecule has 0 spiro atoms. The van der Waals surface area contributed by atoms with Crippen LogP contribution in [-0.4, -0.2) is 16.8 Å². The van der Waals surface area contributed by atoms with Crippen LogP contribution in [0.25, 0.3) is 6.08 Å². The number of para-hydroxylation sites is 1. The smallest absolute Gasteiger partial charge is 0.270 e. The van der Waals surface area contributed by atoms with Crippen molar-refractivity contribution in [3.05, 3.63) is 63.5 Å². The number of rotatable bonds is 5. The van der Waals surface area contributed by atoms with E-state index >= 15 is 0 Å². The minimum atomic E-state index is -0.109. The van der Waals surface area contributed by atoms with Crippen molar-refractivity contribution in [3.8, 4) is 5.75 Å². The van der Waals surface area contributed by atoms with Crippen LogP contribution in [0.4, 0.5) is 5.69 Å². The highest BCUT2D eigenvalue weighted by atomic mass is 79.9. The predicted octanol–water partition coefficient (Wildman–Crippen LogP) is 5.64. The van der Waals surface area contributed by atoms with Gasteiger partial charge in [0, 0.05) is 10.0 Å². The molecule has 0 atom stereocenters. The van der Waals surface area contributed by atoms with Crippen molar-refractivity contribution in [1.82, 2.24) is 0 Å². The van der Waals surface area contributed by atoms with Crippen LogP contribution in [0.15, 0.2) is 57.9 Å². The van der Waals surface area contributed by atoms with E-state index in [9.17, 15) is 4.79 Å². The Morgan fingerprint density at radius 1 is 1.20 bits per heavy atom. The lowest BCUT2D eigenvalue weighted by molar-refractivity contribution is -0.113. The molecule has 0 saturated carbocycles. The molecule has 1 saturated heterocycles. The van der Waals surface area contributed by atoms with Crippen LogP contribution in [0.1, 0.15) is 18.9 Å². The number of carbonyl (C=O) groups is 1. The number of ether oxygens (including phenoxy) is 1. The molecular formula is C19H16BrNO2S2. The fourth-order valence-electron chi connectivity index (χ4n) is 2.36. The highest BCUT2D eigenvalue weighted by molar-refractivity contribution is 9.10. The minimum absolute atomic E-state index is 0.109. The van der Waals surface area contributed by atoms with Gasteiger partial charge in [-0.05, 0) is 42.8 Å². The van der Waals surface area contributed by atoms with E-state index in [0.717, 1.165) is 27.9 Å². The zero-order valence-electron chi connectivity index (χ0n) is 13.6. The van der Waals surface area contributed by atoms with Crippen LogP contribution < -0.4 is 9.64 Å². The first-order valence-electron chi connectivity index (χ1n) is 7.85. The van der Waals surface area contributed by atoms with Crippen molar-refractivity contribution < 1.29 is 9.53 Å². The molecule has 128 valence electrons. The van der Waals surface area contributed by atoms with E-state index in [2.05, 4.69) is 22.9 Å². The van der Waals surface area contributed by atoms with E-state index in [-0.39, 0.29) is 5.91 Å². The van der Waals surface area contributed by atoms with Crippen LogP contribution in [0, 0.1) is 0 Å². The Labute approximate surface area is 165 Å². The quantitative estimate of drug-likeness (QED) is 0.450. The summed E-state index contributed by atoms with van der Waals surface area (Å²) in [5.41, 5.74) is 1.65. The zero-order valence-corrected chi connectivity index (χ0v) is 16.8. The van der Waals surface area contributed by atoms with Gasteiger partial charge in [0.25, 0.3) is 5.91 Å². The van der Waals surface area contributed by atoms with Gasteiger partial charge in [-0.25, -0.2) is 0 Å². The number of hydrogen-bond acceptors (Lipinski definition) is 4. The van der Waals surface area contributed by atoms with Crippen LogP contribution >= 0.6 is 39.9 Å². The summed E-state index contributed by atoms with van der Waals surface area (Å²) in [7, 11) is 0. The molecule has 1 amide bonds. The highest BCUT2D eigenvalue weighted by Gasteiger charge is 2.33. The Bertz CT molecular complexity index is 834. The van der Waals surface area contributed by atoms with Gasteiger partial charge in [-0.15, -0.1) is 0 Å². The molecule has 0 bridgehead atoms. The van der Waals surface area contributed by atoms with Crippen molar-refractivity contribution in [2.45, 2.75) is 13.3 Å². The Balaban J connectivity index is 1.89. The lowest BCUT2D eigenvalue weighted by atomic mass is 10.2. The number of carbonyl (C=O) groups excluding carboxylic acids is 1. The summed E-state index contributed by atoms with van der Waals surface area (Å²) in [6, 6.07) is 15.2. The molecule has 3 nitrogen and oxygen atoms in total. The molecular weight excluding hydrogens is 418 g/mol. The number of hydrogen-bond donors (Lipinski definition) is 0. The molecule has 0 N–H and O–H groups in total. The van der Waals surface area contributed by atoms with Gasteiger partial charge in [-0.3, -0.25) is 9.69 Å². The fraction of sp³-hybridized carbons (Fsp3) is 0.158. The molecule has 0 unspecified atom stereocenters. The first kappa shape index (κ1) is 18.2. The van der Waals surface area contributed by atoms with Crippen LogP contribution in [0.5, 0.6) is 5.75 Å². The summed E-state index contributed by atoms with van der Waals surface area (Å²) in [5, 5.41) is 0. The van der Waals surface area contributed by atoms with Gasteiger partial charge in [0.2, 0.25) is 0 Å². The summed E-state index contributed by atoms with van der Waals surface area (Å²) >= 11 is 10.1. The maximum atomic E-state index is 12.8. The standard InChI is InChI=1S/C19H16BrNO2S2/c1-2-11-23-16-6-4-3-5-13(16)12-17-18(22)21(19(24)25-17)15-9-7-14(20)8-10-15/h3-10,12H,2,11H2,1H3/b17-12+. The molecule has 1 heterocycles. The summed E-state index contributed by atoms with van der Waals surface area (Å²) in [5.74, 6) is 0.667. The van der Waals surface area contributed by atoms with Crippen molar-refractivity contribution in [2.24, 2.45) is 0 Å². The van der Waals surface area contributed by atoms with Crippen molar-refractivity contribution in [3.63, 3.8) is 0 Å². The fourth-order valence-corrected chi connectivity index (χ4v) is 3.92. The van der Waals surface area contributed by atoms with Crippen molar-refractivity contribution >= 4 is 61.9 Å². The van der Waals surface area contributed by atoms with E-state index in [1.807, 2.05) is 54.6 Å². The number of halogens is 1. The van der Waals surface area contributed by atoms with Crippen LogP contribution in [-0.2, 0) is 4.79 Å². The van der Waals surface area contributed by atoms with Gasteiger partial charge in [0.15, 0.2) is 4.32 Å². The Morgan fingerprint density at radius 3 is 2.64 bits per heavy atom. The van der Waals surface area contributed by atoms with Gasteiger partial charge in [-0.1, -0.05) is 65.0 Å². The van der Waals surface area contributed by atoms with Gasteiger partial charge < -0.3 is 4.74 Å². The molecule has 1 aliphatic heterocycles. The summed E-state index contributed by atoms with van der Waals surface area (Å²) < 4.78 is 7.26. The van der Waals surface area contributed by atoms with E-state index < -0.39 is 0 Å². The van der Waals surface area contributed by atoms with Crippen molar-refractivity contribution in [1.29, 1.82) is 0 Å². The third-order valence-corrected chi connectivity index (χ3v) is 5.38. The monoisotopic (exact) mass is 433 g/mol. The number of benzene rings is 2. The second-order valence-corrected chi connectivity index (χ2v) is 7.97. The van der Waals surface area contributed by atoms with E-state index in [0.29, 0.717) is 15.8 Å². The number of anilines is 1. The summed E-state index contributed by atoms with van der Waals surface area (Å²) in [4.78, 5) is 15.0. The molecule has 2 aromatic rings. The first-order valence-corrected chi connectivity index (χ1v) is 9.87. The summed E-state index contributed by atoms with van der Waals surface area (Å²) in [6.07, 6.45) is 2.78. The molecule has 2 aromatic carbocycles. The number of thioether (sulfide) groups is 1. The molecule has 0 radical (unpaired) electrons. The SMILES string of the molecule is CCCOc1ccccc1/C=C1/SC(=S)N(c2ccc(Br)cc2)C1=O. The highest BCUT2D eigenvalue weighted by Crippen LogP contribution is 2.37. The number of amides is 1. The number of thiocarbonyl (C=S) groups is 1. The third kappa shape index (κ3) is 4.14. The lowest BCUT2D eigenvalue weighted by Gasteiger charge is -2.14. The van der Waals surface area contributed by atoms with Gasteiger partial charge in [-0.2, -0.15) is 0 Å². The van der Waals surface area contributed by atoms with E-state index in [4.69, 9.17) is 17.0 Å². The molecule has 1 aliphatic rings. The maximum Gasteiger partial charge on any atom is 0.270 e. The van der Waals surface area contributed by atoms with E-state index in [1.54, 1.807) is 4.90 Å². The largest absolute Gasteiger partial charge is 0.493 e. The van der Waals surface area contributed by atoms with Crippen molar-refractivity contribution in [2.75, 3.05) is 11.5 Å². The topological polar surface area (TPSA) is 29.5 Å². The summed E-state index contributed by atoms with van der Waals surface area (Å²) in [6.45, 7) is 2.71. The average Bonchev–Trinajstić information content (AvgIpc) is 2.89. The minimum Gasteiger partial charge on any atom is -0.493 e. The molecule has 3 rings (SSSR count). The Morgan fingerprint density at radius 2 is 1.92 bits per heavy atom. The normalized spacial score (nSPS) is 15.9. The van der Waals surface area contributed by atoms with Crippen LogP contribution in [0.3, 0.4) is 0 Å². The second kappa shape index (κ2) is 8.17. The Hall–Kier alpha value is -1.63. The van der Waals surface area contributed by atoms with Gasteiger partial charge in [0.05, 0.1) is 17.2 Å². The zero-order chi connectivity index (χ0) is 17.8. The second-order valence-electron chi connectivity index (χ2n) is 5.38. The van der Waals surface area contributed by atoms with Gasteiger partial charge >= 0.3 is 0 Å². The number of nitrogens with zero attached hydrogens (tertiary/aromatic N) is 1. The molecule has 1 fully saturated rings. The van der Waals surface area contributed by atoms with Gasteiger partial charge in [0.1, 0.15) is 5.75 Å².